The molecule has 116 valence electrons. The first-order valence-electron chi connectivity index (χ1n) is 7.82. The van der Waals surface area contributed by atoms with E-state index in [1.807, 2.05) is 4.90 Å². The number of amides is 2. The molecule has 1 saturated carbocycles. The lowest BCUT2D eigenvalue weighted by Gasteiger charge is -2.38. The molecule has 0 aromatic rings. The molecule has 0 spiro atoms. The quantitative estimate of drug-likeness (QED) is 0.763. The predicted molar refractivity (Wildman–Crippen MR) is 79.7 cm³/mol. The van der Waals surface area contributed by atoms with Gasteiger partial charge in [0.05, 0.1) is 6.54 Å². The molecule has 2 aliphatic rings. The number of terminal acetylenes is 1. The molecule has 0 bridgehead atoms. The van der Waals surface area contributed by atoms with Gasteiger partial charge in [0.25, 0.3) is 0 Å². The maximum atomic E-state index is 12.7. The number of carboxylic acids is 1. The zero-order chi connectivity index (χ0) is 15.2. The van der Waals surface area contributed by atoms with Crippen molar-refractivity contribution in [3.05, 3.63) is 0 Å². The smallest absolute Gasteiger partial charge is 0.321 e. The SMILES string of the molecule is C#CCN(CC1CC1)C(=O)N1CCCCC1CCC(=O)O. The molecule has 2 fully saturated rings. The number of hydrogen-bond donors (Lipinski definition) is 1. The predicted octanol–water partition coefficient (Wildman–Crippen LogP) is 2.17. The third-order valence-electron chi connectivity index (χ3n) is 4.29. The van der Waals surface area contributed by atoms with E-state index in [1.54, 1.807) is 4.90 Å². The molecule has 0 aromatic heterocycles. The number of nitrogens with zero attached hydrogens (tertiary/aromatic N) is 2. The lowest BCUT2D eigenvalue weighted by atomic mass is 9.98. The Morgan fingerprint density at radius 2 is 2.05 bits per heavy atom. The van der Waals surface area contributed by atoms with Gasteiger partial charge in [-0.2, -0.15) is 0 Å². The second-order valence-corrected chi connectivity index (χ2v) is 6.09. The van der Waals surface area contributed by atoms with Crippen molar-refractivity contribution in [2.75, 3.05) is 19.6 Å². The van der Waals surface area contributed by atoms with Crippen LogP contribution in [0.4, 0.5) is 4.79 Å². The number of likely N-dealkylation sites (tertiary alicyclic amines) is 1. The summed E-state index contributed by atoms with van der Waals surface area (Å²) in [5, 5.41) is 8.85. The van der Waals surface area contributed by atoms with Crippen molar-refractivity contribution in [2.24, 2.45) is 5.92 Å². The van der Waals surface area contributed by atoms with Crippen molar-refractivity contribution in [1.82, 2.24) is 9.80 Å². The van der Waals surface area contributed by atoms with Crippen molar-refractivity contribution in [2.45, 2.75) is 51.0 Å². The first-order valence-corrected chi connectivity index (χ1v) is 7.82. The number of carboxylic acid groups (broad SMARTS) is 1. The molecule has 1 aliphatic carbocycles. The lowest BCUT2D eigenvalue weighted by Crippen LogP contribution is -2.51. The molecule has 1 unspecified atom stereocenters. The van der Waals surface area contributed by atoms with E-state index in [1.165, 1.54) is 12.8 Å². The summed E-state index contributed by atoms with van der Waals surface area (Å²) >= 11 is 0. The average molecular weight is 292 g/mol. The Balaban J connectivity index is 1.97. The molecule has 5 nitrogen and oxygen atoms in total. The Bertz CT molecular complexity index is 426. The monoisotopic (exact) mass is 292 g/mol. The molecule has 1 aliphatic heterocycles. The van der Waals surface area contributed by atoms with E-state index >= 15 is 0 Å². The minimum absolute atomic E-state index is 0.00469. The zero-order valence-electron chi connectivity index (χ0n) is 12.5. The molecule has 2 amide bonds. The summed E-state index contributed by atoms with van der Waals surface area (Å²) in [4.78, 5) is 27.1. The number of hydrogen-bond acceptors (Lipinski definition) is 2. The Kier molecular flexibility index (Phi) is 5.49. The number of rotatable bonds is 6. The molecular formula is C16H24N2O3. The minimum Gasteiger partial charge on any atom is -0.481 e. The van der Waals surface area contributed by atoms with Gasteiger partial charge in [-0.1, -0.05) is 5.92 Å². The molecule has 1 saturated heterocycles. The highest BCUT2D eigenvalue weighted by Gasteiger charge is 2.32. The van der Waals surface area contributed by atoms with E-state index in [2.05, 4.69) is 5.92 Å². The van der Waals surface area contributed by atoms with Crippen molar-refractivity contribution >= 4 is 12.0 Å². The summed E-state index contributed by atoms with van der Waals surface area (Å²) in [6, 6.07) is 0.0387. The summed E-state index contributed by atoms with van der Waals surface area (Å²) in [6.07, 6.45) is 11.3. The third-order valence-corrected chi connectivity index (χ3v) is 4.29. The van der Waals surface area contributed by atoms with Gasteiger partial charge in [-0.25, -0.2) is 4.79 Å². The van der Waals surface area contributed by atoms with Crippen molar-refractivity contribution in [3.8, 4) is 12.3 Å². The Labute approximate surface area is 126 Å². The van der Waals surface area contributed by atoms with Crippen LogP contribution in [-0.2, 0) is 4.79 Å². The fraction of sp³-hybridized carbons (Fsp3) is 0.750. The first kappa shape index (κ1) is 15.7. The summed E-state index contributed by atoms with van der Waals surface area (Å²) in [5.74, 6) is 2.37. The second kappa shape index (κ2) is 7.35. The van der Waals surface area contributed by atoms with Crippen LogP contribution in [-0.4, -0.2) is 52.6 Å². The highest BCUT2D eigenvalue weighted by atomic mass is 16.4. The fourth-order valence-corrected chi connectivity index (χ4v) is 2.96. The minimum atomic E-state index is -0.800. The van der Waals surface area contributed by atoms with Gasteiger partial charge >= 0.3 is 12.0 Å². The van der Waals surface area contributed by atoms with Gasteiger partial charge < -0.3 is 14.9 Å². The number of piperidine rings is 1. The number of urea groups is 1. The highest BCUT2D eigenvalue weighted by molar-refractivity contribution is 5.75. The van der Waals surface area contributed by atoms with Crippen LogP contribution < -0.4 is 0 Å². The Hall–Kier alpha value is -1.70. The molecule has 1 N–H and O–H groups in total. The maximum Gasteiger partial charge on any atom is 0.321 e. The van der Waals surface area contributed by atoms with Crippen LogP contribution in [0.3, 0.4) is 0 Å². The van der Waals surface area contributed by atoms with Gasteiger partial charge in [-0.3, -0.25) is 4.79 Å². The second-order valence-electron chi connectivity index (χ2n) is 6.09. The molecule has 0 aromatic carbocycles. The summed E-state index contributed by atoms with van der Waals surface area (Å²) in [7, 11) is 0. The largest absolute Gasteiger partial charge is 0.481 e. The van der Waals surface area contributed by atoms with E-state index < -0.39 is 5.97 Å². The van der Waals surface area contributed by atoms with E-state index in [0.29, 0.717) is 18.9 Å². The van der Waals surface area contributed by atoms with Gasteiger partial charge in [0, 0.05) is 25.6 Å². The normalized spacial score (nSPS) is 21.7. The van der Waals surface area contributed by atoms with Gasteiger partial charge in [-0.15, -0.1) is 6.42 Å². The van der Waals surface area contributed by atoms with Crippen LogP contribution in [0.2, 0.25) is 0 Å². The molecule has 1 heterocycles. The Morgan fingerprint density at radius 3 is 2.67 bits per heavy atom. The van der Waals surface area contributed by atoms with Crippen LogP contribution in [0.1, 0.15) is 44.9 Å². The van der Waals surface area contributed by atoms with Gasteiger partial charge in [0.1, 0.15) is 0 Å². The van der Waals surface area contributed by atoms with Crippen LogP contribution in [0.5, 0.6) is 0 Å². The van der Waals surface area contributed by atoms with Crippen molar-refractivity contribution < 1.29 is 14.7 Å². The highest BCUT2D eigenvalue weighted by Crippen LogP contribution is 2.30. The first-order chi connectivity index (χ1) is 10.1. The molecule has 5 heteroatoms. The van der Waals surface area contributed by atoms with E-state index in [4.69, 9.17) is 11.5 Å². The van der Waals surface area contributed by atoms with E-state index in [0.717, 1.165) is 32.4 Å². The average Bonchev–Trinajstić information content (AvgIpc) is 3.28. The van der Waals surface area contributed by atoms with Gasteiger partial charge in [-0.05, 0) is 44.4 Å². The summed E-state index contributed by atoms with van der Waals surface area (Å²) in [6.45, 7) is 1.80. The summed E-state index contributed by atoms with van der Waals surface area (Å²) < 4.78 is 0. The van der Waals surface area contributed by atoms with Gasteiger partial charge in [0.15, 0.2) is 0 Å². The maximum absolute atomic E-state index is 12.7. The van der Waals surface area contributed by atoms with Crippen molar-refractivity contribution in [3.63, 3.8) is 0 Å². The van der Waals surface area contributed by atoms with Gasteiger partial charge in [0.2, 0.25) is 0 Å². The molecule has 1 atom stereocenters. The van der Waals surface area contributed by atoms with Crippen LogP contribution >= 0.6 is 0 Å². The molecule has 2 rings (SSSR count). The van der Waals surface area contributed by atoms with Crippen LogP contribution in [0.25, 0.3) is 0 Å². The van der Waals surface area contributed by atoms with Crippen LogP contribution in [0.15, 0.2) is 0 Å². The zero-order valence-corrected chi connectivity index (χ0v) is 12.5. The topological polar surface area (TPSA) is 60.9 Å². The van der Waals surface area contributed by atoms with Crippen molar-refractivity contribution in [1.29, 1.82) is 0 Å². The lowest BCUT2D eigenvalue weighted by molar-refractivity contribution is -0.137. The molecule has 21 heavy (non-hydrogen) atoms. The molecule has 0 radical (unpaired) electrons. The molecular weight excluding hydrogens is 268 g/mol. The van der Waals surface area contributed by atoms with E-state index in [9.17, 15) is 9.59 Å². The number of carbonyl (C=O) groups is 2. The summed E-state index contributed by atoms with van der Waals surface area (Å²) in [5.41, 5.74) is 0. The third kappa shape index (κ3) is 4.66. The number of aliphatic carboxylic acids is 1. The Morgan fingerprint density at radius 1 is 1.29 bits per heavy atom. The fourth-order valence-electron chi connectivity index (χ4n) is 2.96. The number of carbonyl (C=O) groups excluding carboxylic acids is 1. The van der Waals surface area contributed by atoms with E-state index in [-0.39, 0.29) is 18.5 Å². The standard InChI is InChI=1S/C16H24N2O3/c1-2-10-17(12-13-6-7-13)16(21)18-11-4-3-5-14(18)8-9-15(19)20/h1,13-14H,3-12H2,(H,19,20). The van der Waals surface area contributed by atoms with Crippen LogP contribution in [0, 0.1) is 18.3 Å².